The highest BCUT2D eigenvalue weighted by atomic mass is 79.9. The van der Waals surface area contributed by atoms with E-state index in [1.165, 1.54) is 32.4 Å². The number of hydrogen-bond acceptors (Lipinski definition) is 2. The van der Waals surface area contributed by atoms with Crippen LogP contribution >= 0.6 is 15.9 Å². The molecule has 1 saturated heterocycles. The van der Waals surface area contributed by atoms with Gasteiger partial charge in [0.2, 0.25) is 0 Å². The van der Waals surface area contributed by atoms with Crippen LogP contribution in [0.25, 0.3) is 0 Å². The molecule has 0 spiro atoms. The Morgan fingerprint density at radius 1 is 1.35 bits per heavy atom. The van der Waals surface area contributed by atoms with E-state index in [0.717, 1.165) is 16.6 Å². The Morgan fingerprint density at radius 3 is 2.50 bits per heavy atom. The number of carbonyl (C=O) groups excluding carboxylic acids is 1. The summed E-state index contributed by atoms with van der Waals surface area (Å²) in [4.78, 5) is 17.0. The molecule has 4 heteroatoms. The second kappa shape index (κ2) is 5.86. The van der Waals surface area contributed by atoms with Crippen LogP contribution in [0, 0.1) is 5.92 Å². The fourth-order valence-electron chi connectivity index (χ4n) is 2.84. The van der Waals surface area contributed by atoms with Crippen molar-refractivity contribution >= 4 is 21.8 Å². The summed E-state index contributed by atoms with van der Waals surface area (Å²) in [5.74, 6) is 0.856. The van der Waals surface area contributed by atoms with Gasteiger partial charge in [-0.15, -0.1) is 0 Å². The van der Waals surface area contributed by atoms with Gasteiger partial charge in [-0.1, -0.05) is 15.9 Å². The lowest BCUT2D eigenvalue weighted by atomic mass is 10.1. The molecule has 0 aromatic heterocycles. The molecule has 2 fully saturated rings. The Labute approximate surface area is 129 Å². The summed E-state index contributed by atoms with van der Waals surface area (Å²) in [5, 5.41) is 0. The second-order valence-corrected chi connectivity index (χ2v) is 6.90. The fourth-order valence-corrected chi connectivity index (χ4v) is 3.11. The molecule has 3 nitrogen and oxygen atoms in total. The topological polar surface area (TPSA) is 23.6 Å². The molecule has 1 aliphatic heterocycles. The first-order valence-electron chi connectivity index (χ1n) is 7.40. The fraction of sp³-hybridized carbons (Fsp3) is 0.562. The summed E-state index contributed by atoms with van der Waals surface area (Å²) in [6, 6.07) is 8.05. The number of amides is 1. The number of benzene rings is 1. The van der Waals surface area contributed by atoms with Crippen LogP contribution in [0.2, 0.25) is 0 Å². The molecule has 0 bridgehead atoms. The molecule has 1 atom stereocenters. The SMILES string of the molecule is CN(C(=O)c1ccc(Br)cc1)[C@H](CN1CCC1)C1CC1. The highest BCUT2D eigenvalue weighted by molar-refractivity contribution is 9.10. The number of likely N-dealkylation sites (tertiary alicyclic amines) is 1. The zero-order chi connectivity index (χ0) is 14.1. The molecule has 3 rings (SSSR count). The number of rotatable bonds is 5. The Bertz CT molecular complexity index is 480. The maximum atomic E-state index is 12.6. The first-order valence-corrected chi connectivity index (χ1v) is 8.19. The molecule has 2 aliphatic rings. The molecule has 1 aliphatic carbocycles. The van der Waals surface area contributed by atoms with Crippen molar-refractivity contribution < 1.29 is 4.79 Å². The maximum Gasteiger partial charge on any atom is 0.253 e. The largest absolute Gasteiger partial charge is 0.337 e. The van der Waals surface area contributed by atoms with Crippen LogP contribution in [0.4, 0.5) is 0 Å². The van der Waals surface area contributed by atoms with Crippen LogP contribution in [0.5, 0.6) is 0 Å². The minimum atomic E-state index is 0.148. The predicted molar refractivity (Wildman–Crippen MR) is 83.8 cm³/mol. The Kier molecular flexibility index (Phi) is 4.13. The maximum absolute atomic E-state index is 12.6. The van der Waals surface area contributed by atoms with Crippen LogP contribution in [-0.4, -0.2) is 48.4 Å². The summed E-state index contributed by atoms with van der Waals surface area (Å²) in [6.45, 7) is 3.44. The molecular weight excluding hydrogens is 316 g/mol. The monoisotopic (exact) mass is 336 g/mol. The van der Waals surface area contributed by atoms with E-state index in [2.05, 4.69) is 20.8 Å². The molecule has 108 valence electrons. The third kappa shape index (κ3) is 3.07. The van der Waals surface area contributed by atoms with Crippen LogP contribution in [0.1, 0.15) is 29.6 Å². The summed E-state index contributed by atoms with van der Waals surface area (Å²) < 4.78 is 1.01. The van der Waals surface area contributed by atoms with Gasteiger partial charge in [-0.25, -0.2) is 0 Å². The van der Waals surface area contributed by atoms with Crippen LogP contribution in [0.15, 0.2) is 28.7 Å². The third-order valence-corrected chi connectivity index (χ3v) is 5.00. The molecule has 1 aromatic rings. The van der Waals surface area contributed by atoms with E-state index in [1.54, 1.807) is 0 Å². The highest BCUT2D eigenvalue weighted by Gasteiger charge is 2.37. The van der Waals surface area contributed by atoms with Gasteiger partial charge in [0.15, 0.2) is 0 Å². The first-order chi connectivity index (χ1) is 9.65. The van der Waals surface area contributed by atoms with Gasteiger partial charge in [0, 0.05) is 29.7 Å². The number of hydrogen-bond donors (Lipinski definition) is 0. The summed E-state index contributed by atoms with van der Waals surface area (Å²) >= 11 is 3.41. The Morgan fingerprint density at radius 2 is 2.00 bits per heavy atom. The quantitative estimate of drug-likeness (QED) is 0.825. The molecule has 1 aromatic carbocycles. The normalized spacial score (nSPS) is 20.3. The van der Waals surface area contributed by atoms with E-state index in [-0.39, 0.29) is 5.91 Å². The Hall–Kier alpha value is -0.870. The molecule has 1 heterocycles. The van der Waals surface area contributed by atoms with Gasteiger partial charge >= 0.3 is 0 Å². The number of likely N-dealkylation sites (N-methyl/N-ethyl adjacent to an activating group) is 1. The van der Waals surface area contributed by atoms with E-state index in [1.807, 2.05) is 36.2 Å². The molecule has 0 unspecified atom stereocenters. The average Bonchev–Trinajstić information content (AvgIpc) is 3.21. The summed E-state index contributed by atoms with van der Waals surface area (Å²) in [5.41, 5.74) is 0.782. The van der Waals surface area contributed by atoms with E-state index in [4.69, 9.17) is 0 Å². The smallest absolute Gasteiger partial charge is 0.253 e. The lowest BCUT2D eigenvalue weighted by Gasteiger charge is -2.38. The van der Waals surface area contributed by atoms with Crippen molar-refractivity contribution in [1.29, 1.82) is 0 Å². The molecule has 0 radical (unpaired) electrons. The zero-order valence-corrected chi connectivity index (χ0v) is 13.5. The van der Waals surface area contributed by atoms with Crippen molar-refractivity contribution in [2.75, 3.05) is 26.7 Å². The number of nitrogens with zero attached hydrogens (tertiary/aromatic N) is 2. The van der Waals surface area contributed by atoms with Crippen molar-refractivity contribution in [2.24, 2.45) is 5.92 Å². The zero-order valence-electron chi connectivity index (χ0n) is 11.9. The molecule has 1 amide bonds. The van der Waals surface area contributed by atoms with E-state index < -0.39 is 0 Å². The summed E-state index contributed by atoms with van der Waals surface area (Å²) in [7, 11) is 1.97. The van der Waals surface area contributed by atoms with Crippen LogP contribution in [0.3, 0.4) is 0 Å². The minimum Gasteiger partial charge on any atom is -0.337 e. The molecular formula is C16H21BrN2O. The van der Waals surface area contributed by atoms with Gasteiger partial charge in [0.05, 0.1) is 0 Å². The molecule has 0 N–H and O–H groups in total. The van der Waals surface area contributed by atoms with Gasteiger partial charge < -0.3 is 9.80 Å². The number of halogens is 1. The van der Waals surface area contributed by atoms with Crippen molar-refractivity contribution in [3.05, 3.63) is 34.3 Å². The van der Waals surface area contributed by atoms with Gasteiger partial charge in [-0.05, 0) is 62.5 Å². The van der Waals surface area contributed by atoms with E-state index in [9.17, 15) is 4.79 Å². The summed E-state index contributed by atoms with van der Waals surface area (Å²) in [6.07, 6.45) is 3.86. The van der Waals surface area contributed by atoms with Gasteiger partial charge in [-0.3, -0.25) is 4.79 Å². The van der Waals surface area contributed by atoms with Crippen molar-refractivity contribution in [1.82, 2.24) is 9.80 Å². The average molecular weight is 337 g/mol. The standard InChI is InChI=1S/C16H21BrN2O/c1-18(16(20)13-5-7-14(17)8-6-13)15(12-3-4-12)11-19-9-2-10-19/h5-8,12,15H,2-4,9-11H2,1H3/t15-/m1/s1. The first kappa shape index (κ1) is 14.1. The van der Waals surface area contributed by atoms with Crippen molar-refractivity contribution in [3.63, 3.8) is 0 Å². The molecule has 20 heavy (non-hydrogen) atoms. The highest BCUT2D eigenvalue weighted by Crippen LogP contribution is 2.36. The van der Waals surface area contributed by atoms with Crippen LogP contribution in [-0.2, 0) is 0 Å². The minimum absolute atomic E-state index is 0.148. The van der Waals surface area contributed by atoms with Crippen molar-refractivity contribution in [3.8, 4) is 0 Å². The second-order valence-electron chi connectivity index (χ2n) is 5.98. The predicted octanol–water partition coefficient (Wildman–Crippen LogP) is 3.01. The molecule has 1 saturated carbocycles. The number of carbonyl (C=O) groups is 1. The lowest BCUT2D eigenvalue weighted by Crippen LogP contribution is -2.50. The lowest BCUT2D eigenvalue weighted by molar-refractivity contribution is 0.0607. The van der Waals surface area contributed by atoms with Gasteiger partial charge in [0.25, 0.3) is 5.91 Å². The Balaban J connectivity index is 1.69. The third-order valence-electron chi connectivity index (χ3n) is 4.47. The van der Waals surface area contributed by atoms with Crippen LogP contribution < -0.4 is 0 Å². The van der Waals surface area contributed by atoms with Gasteiger partial charge in [-0.2, -0.15) is 0 Å². The van der Waals surface area contributed by atoms with E-state index >= 15 is 0 Å². The van der Waals surface area contributed by atoms with E-state index in [0.29, 0.717) is 12.0 Å². The van der Waals surface area contributed by atoms with Crippen molar-refractivity contribution in [2.45, 2.75) is 25.3 Å². The van der Waals surface area contributed by atoms with Gasteiger partial charge in [0.1, 0.15) is 0 Å².